The number of carbonyl (C=O) groups is 1. The summed E-state index contributed by atoms with van der Waals surface area (Å²) in [6, 6.07) is 0.0144. The summed E-state index contributed by atoms with van der Waals surface area (Å²) in [6.07, 6.45) is -10.4. The number of rotatable bonds is 3. The average Bonchev–Trinajstić information content (AvgIpc) is 2.28. The van der Waals surface area contributed by atoms with Crippen molar-refractivity contribution < 1.29 is 40.6 Å². The molecule has 0 fully saturated rings. The van der Waals surface area contributed by atoms with Crippen LogP contribution in [0.4, 0.5) is 26.3 Å². The fraction of sp³-hybridized carbons (Fsp3) is 0.400. The van der Waals surface area contributed by atoms with Crippen LogP contribution >= 0.6 is 0 Å². The van der Waals surface area contributed by atoms with E-state index in [0.717, 1.165) is 4.98 Å². The SMILES string of the molecule is CCOC(=O)c1cc(C(F)(F)F)[nH]c(=O)c1OC(F)(F)F. The fourth-order valence-electron chi connectivity index (χ4n) is 1.28. The van der Waals surface area contributed by atoms with Crippen LogP contribution in [-0.4, -0.2) is 23.9 Å². The molecule has 0 saturated heterocycles. The van der Waals surface area contributed by atoms with Crippen LogP contribution in [0.1, 0.15) is 23.0 Å². The number of aromatic nitrogens is 1. The molecule has 0 bridgehead atoms. The highest BCUT2D eigenvalue weighted by molar-refractivity contribution is 5.92. The molecule has 1 heterocycles. The minimum atomic E-state index is -5.37. The Bertz CT molecular complexity index is 589. The number of hydrogen-bond acceptors (Lipinski definition) is 4. The van der Waals surface area contributed by atoms with E-state index < -0.39 is 41.1 Å². The van der Waals surface area contributed by atoms with Crippen molar-refractivity contribution in [2.24, 2.45) is 0 Å². The zero-order valence-electron chi connectivity index (χ0n) is 10.2. The van der Waals surface area contributed by atoms with Crippen LogP contribution in [0.5, 0.6) is 5.75 Å². The van der Waals surface area contributed by atoms with Crippen molar-refractivity contribution >= 4 is 5.97 Å². The highest BCUT2D eigenvalue weighted by Crippen LogP contribution is 2.30. The molecule has 0 aliphatic carbocycles. The fourth-order valence-corrected chi connectivity index (χ4v) is 1.28. The Balaban J connectivity index is 3.48. The van der Waals surface area contributed by atoms with Crippen molar-refractivity contribution in [2.75, 3.05) is 6.61 Å². The lowest BCUT2D eigenvalue weighted by atomic mass is 10.2. The zero-order valence-corrected chi connectivity index (χ0v) is 10.2. The van der Waals surface area contributed by atoms with Crippen LogP contribution in [0, 0.1) is 0 Å². The zero-order chi connectivity index (χ0) is 16.4. The Hall–Kier alpha value is -2.20. The molecule has 0 aliphatic heterocycles. The molecule has 0 unspecified atom stereocenters. The van der Waals surface area contributed by atoms with Crippen molar-refractivity contribution in [1.82, 2.24) is 4.98 Å². The van der Waals surface area contributed by atoms with Crippen molar-refractivity contribution in [2.45, 2.75) is 19.5 Å². The second kappa shape index (κ2) is 5.66. The van der Waals surface area contributed by atoms with E-state index in [0.29, 0.717) is 0 Å². The van der Waals surface area contributed by atoms with E-state index in [1.165, 1.54) is 6.92 Å². The van der Waals surface area contributed by atoms with E-state index in [1.807, 2.05) is 0 Å². The van der Waals surface area contributed by atoms with Gasteiger partial charge in [-0.1, -0.05) is 0 Å². The molecule has 0 spiro atoms. The van der Waals surface area contributed by atoms with E-state index in [1.54, 1.807) is 0 Å². The maximum Gasteiger partial charge on any atom is 0.573 e. The smallest absolute Gasteiger partial charge is 0.462 e. The third-order valence-corrected chi connectivity index (χ3v) is 2.01. The lowest BCUT2D eigenvalue weighted by Crippen LogP contribution is -2.28. The molecular formula is C10H7F6NO4. The van der Waals surface area contributed by atoms with Crippen molar-refractivity contribution in [3.05, 3.63) is 27.7 Å². The van der Waals surface area contributed by atoms with Crippen LogP contribution in [0.25, 0.3) is 0 Å². The molecule has 1 rings (SSSR count). The molecule has 1 N–H and O–H groups in total. The van der Waals surface area contributed by atoms with Gasteiger partial charge in [-0.2, -0.15) is 13.2 Å². The summed E-state index contributed by atoms with van der Waals surface area (Å²) in [4.78, 5) is 23.9. The highest BCUT2D eigenvalue weighted by atomic mass is 19.4. The lowest BCUT2D eigenvalue weighted by Gasteiger charge is -2.14. The molecule has 0 aliphatic rings. The monoisotopic (exact) mass is 319 g/mol. The van der Waals surface area contributed by atoms with Crippen LogP contribution in [0.15, 0.2) is 10.9 Å². The maximum atomic E-state index is 12.5. The minimum absolute atomic E-state index is 0.0144. The summed E-state index contributed by atoms with van der Waals surface area (Å²) < 4.78 is 81.4. The van der Waals surface area contributed by atoms with Gasteiger partial charge >= 0.3 is 18.5 Å². The first-order chi connectivity index (χ1) is 9.45. The number of hydrogen-bond donors (Lipinski definition) is 1. The van der Waals surface area contributed by atoms with E-state index in [4.69, 9.17) is 0 Å². The minimum Gasteiger partial charge on any atom is -0.462 e. The summed E-state index contributed by atoms with van der Waals surface area (Å²) in [6.45, 7) is 0.957. The first-order valence-electron chi connectivity index (χ1n) is 5.23. The van der Waals surface area contributed by atoms with Gasteiger partial charge in [-0.25, -0.2) is 4.79 Å². The van der Waals surface area contributed by atoms with Gasteiger partial charge in [0.15, 0.2) is 0 Å². The van der Waals surface area contributed by atoms with Gasteiger partial charge in [0.25, 0.3) is 5.56 Å². The number of aromatic amines is 1. The van der Waals surface area contributed by atoms with E-state index in [-0.39, 0.29) is 12.7 Å². The van der Waals surface area contributed by atoms with E-state index in [9.17, 15) is 35.9 Å². The quantitative estimate of drug-likeness (QED) is 0.686. The van der Waals surface area contributed by atoms with Crippen LogP contribution in [0.2, 0.25) is 0 Å². The van der Waals surface area contributed by atoms with E-state index >= 15 is 0 Å². The molecule has 1 aromatic rings. The topological polar surface area (TPSA) is 68.4 Å². The molecule has 1 aromatic heterocycles. The van der Waals surface area contributed by atoms with Gasteiger partial charge < -0.3 is 14.5 Å². The number of ether oxygens (including phenoxy) is 2. The summed E-state index contributed by atoms with van der Waals surface area (Å²) in [7, 11) is 0. The molecule has 0 aromatic carbocycles. The summed E-state index contributed by atoms with van der Waals surface area (Å²) >= 11 is 0. The Kier molecular flexibility index (Phi) is 4.54. The number of nitrogens with one attached hydrogen (secondary N) is 1. The number of alkyl halides is 6. The van der Waals surface area contributed by atoms with Crippen molar-refractivity contribution in [3.8, 4) is 5.75 Å². The van der Waals surface area contributed by atoms with Crippen molar-refractivity contribution in [3.63, 3.8) is 0 Å². The molecule has 0 atom stereocenters. The molecule has 0 radical (unpaired) electrons. The van der Waals surface area contributed by atoms with Crippen LogP contribution in [0.3, 0.4) is 0 Å². The second-order valence-corrected chi connectivity index (χ2v) is 3.52. The number of pyridine rings is 1. The van der Waals surface area contributed by atoms with Gasteiger partial charge in [-0.15, -0.1) is 13.2 Å². The van der Waals surface area contributed by atoms with Crippen LogP contribution in [-0.2, 0) is 10.9 Å². The molecule has 11 heteroatoms. The van der Waals surface area contributed by atoms with Gasteiger partial charge in [-0.3, -0.25) is 4.79 Å². The van der Waals surface area contributed by atoms with E-state index in [2.05, 4.69) is 9.47 Å². The van der Waals surface area contributed by atoms with Crippen molar-refractivity contribution in [1.29, 1.82) is 0 Å². The predicted octanol–water partition coefficient (Wildman–Crippen LogP) is 2.47. The third-order valence-electron chi connectivity index (χ3n) is 2.01. The summed E-state index contributed by atoms with van der Waals surface area (Å²) in [5.41, 5.74) is -4.83. The number of halogens is 6. The molecule has 21 heavy (non-hydrogen) atoms. The number of carbonyl (C=O) groups excluding carboxylic acids is 1. The molecular weight excluding hydrogens is 312 g/mol. The Morgan fingerprint density at radius 2 is 1.81 bits per heavy atom. The second-order valence-electron chi connectivity index (χ2n) is 3.52. The van der Waals surface area contributed by atoms with Gasteiger partial charge in [-0.05, 0) is 13.0 Å². The standard InChI is InChI=1S/C10H7F6NO4/c1-2-20-8(19)4-3-5(9(11,12)13)17-7(18)6(4)21-10(14,15)16/h3H,2H2,1H3,(H,17,18). The Morgan fingerprint density at radius 3 is 2.24 bits per heavy atom. The summed E-state index contributed by atoms with van der Waals surface area (Å²) in [5.74, 6) is -3.16. The Labute approximate surface area is 112 Å². The summed E-state index contributed by atoms with van der Waals surface area (Å²) in [5, 5.41) is 0. The molecule has 118 valence electrons. The first kappa shape index (κ1) is 16.9. The first-order valence-corrected chi connectivity index (χ1v) is 5.23. The van der Waals surface area contributed by atoms with Crippen LogP contribution < -0.4 is 10.3 Å². The molecule has 5 nitrogen and oxygen atoms in total. The molecule has 0 amide bonds. The lowest BCUT2D eigenvalue weighted by molar-refractivity contribution is -0.275. The largest absolute Gasteiger partial charge is 0.573 e. The molecule has 0 saturated carbocycles. The third kappa shape index (κ3) is 4.39. The van der Waals surface area contributed by atoms with Gasteiger partial charge in [0, 0.05) is 0 Å². The van der Waals surface area contributed by atoms with Gasteiger partial charge in [0.05, 0.1) is 6.61 Å². The Morgan fingerprint density at radius 1 is 1.24 bits per heavy atom. The number of esters is 1. The average molecular weight is 319 g/mol. The van der Waals surface area contributed by atoms with Gasteiger partial charge in [0.2, 0.25) is 5.75 Å². The predicted molar refractivity (Wildman–Crippen MR) is 54.7 cm³/mol. The maximum absolute atomic E-state index is 12.5. The van der Waals surface area contributed by atoms with Gasteiger partial charge in [0.1, 0.15) is 11.3 Å². The number of H-pyrrole nitrogens is 1. The normalized spacial score (nSPS) is 12.1. The highest BCUT2D eigenvalue weighted by Gasteiger charge is 2.38.